The first-order valence-electron chi connectivity index (χ1n) is 8.71. The van der Waals surface area contributed by atoms with Gasteiger partial charge >= 0.3 is 11.9 Å². The number of nitrogens with zero attached hydrogens (tertiary/aromatic N) is 2. The molecule has 0 heterocycles. The normalized spacial score (nSPS) is 12.1. The fraction of sp³-hybridized carbons (Fsp3) is 0.263. The number of nitro benzene ring substituents is 1. The van der Waals surface area contributed by atoms with Crippen LogP contribution in [0.1, 0.15) is 12.5 Å². The van der Waals surface area contributed by atoms with Crippen molar-refractivity contribution in [1.82, 2.24) is 4.90 Å². The molecule has 166 valence electrons. The SMILES string of the molecule is C[C@@H](Oc1cc(F)ccc1[N+](=O)[O-])C(=O)N(C)CC(=O)Nc1ccccc1C(F)(F)F. The largest absolute Gasteiger partial charge is 0.474 e. The molecular weight excluding hydrogens is 426 g/mol. The van der Waals surface area contributed by atoms with E-state index in [1.54, 1.807) is 0 Å². The molecule has 0 aliphatic heterocycles. The Morgan fingerprint density at radius 3 is 2.48 bits per heavy atom. The van der Waals surface area contributed by atoms with Gasteiger partial charge in [-0.2, -0.15) is 13.2 Å². The van der Waals surface area contributed by atoms with Gasteiger partial charge in [-0.15, -0.1) is 0 Å². The molecule has 0 bridgehead atoms. The van der Waals surface area contributed by atoms with E-state index in [0.29, 0.717) is 0 Å². The van der Waals surface area contributed by atoms with Crippen LogP contribution in [-0.2, 0) is 15.8 Å². The van der Waals surface area contributed by atoms with Gasteiger partial charge < -0.3 is 15.0 Å². The van der Waals surface area contributed by atoms with Crippen LogP contribution in [-0.4, -0.2) is 41.3 Å². The Morgan fingerprint density at radius 2 is 1.87 bits per heavy atom. The van der Waals surface area contributed by atoms with E-state index in [1.165, 1.54) is 26.1 Å². The van der Waals surface area contributed by atoms with E-state index in [2.05, 4.69) is 5.32 Å². The summed E-state index contributed by atoms with van der Waals surface area (Å²) < 4.78 is 57.6. The number of likely N-dealkylation sites (N-methyl/N-ethyl adjacent to an activating group) is 1. The van der Waals surface area contributed by atoms with E-state index < -0.39 is 64.1 Å². The highest BCUT2D eigenvalue weighted by Crippen LogP contribution is 2.34. The summed E-state index contributed by atoms with van der Waals surface area (Å²) in [4.78, 5) is 35.6. The molecule has 8 nitrogen and oxygen atoms in total. The van der Waals surface area contributed by atoms with Crippen molar-refractivity contribution < 1.29 is 36.8 Å². The predicted molar refractivity (Wildman–Crippen MR) is 101 cm³/mol. The van der Waals surface area contributed by atoms with Gasteiger partial charge in [0.05, 0.1) is 22.7 Å². The fourth-order valence-corrected chi connectivity index (χ4v) is 2.61. The molecule has 1 atom stereocenters. The van der Waals surface area contributed by atoms with Crippen molar-refractivity contribution in [2.75, 3.05) is 18.9 Å². The van der Waals surface area contributed by atoms with Crippen molar-refractivity contribution in [1.29, 1.82) is 0 Å². The molecule has 0 aromatic heterocycles. The number of rotatable bonds is 7. The molecule has 0 fully saturated rings. The summed E-state index contributed by atoms with van der Waals surface area (Å²) >= 11 is 0. The molecule has 0 unspecified atom stereocenters. The second-order valence-corrected chi connectivity index (χ2v) is 6.42. The monoisotopic (exact) mass is 443 g/mol. The summed E-state index contributed by atoms with van der Waals surface area (Å²) in [6.45, 7) is 0.605. The van der Waals surface area contributed by atoms with Crippen LogP contribution in [0.3, 0.4) is 0 Å². The second kappa shape index (κ2) is 9.41. The highest BCUT2D eigenvalue weighted by atomic mass is 19.4. The van der Waals surface area contributed by atoms with Crippen LogP contribution in [0.25, 0.3) is 0 Å². The molecule has 0 saturated heterocycles. The Labute approximate surface area is 173 Å². The van der Waals surface area contributed by atoms with Crippen LogP contribution in [0.5, 0.6) is 5.75 Å². The number of benzene rings is 2. The zero-order valence-corrected chi connectivity index (χ0v) is 16.3. The van der Waals surface area contributed by atoms with Gasteiger partial charge in [0.2, 0.25) is 11.7 Å². The van der Waals surface area contributed by atoms with E-state index in [4.69, 9.17) is 4.74 Å². The summed E-state index contributed by atoms with van der Waals surface area (Å²) in [6, 6.07) is 6.80. The van der Waals surface area contributed by atoms with Crippen LogP contribution in [0.4, 0.5) is 28.9 Å². The van der Waals surface area contributed by atoms with Crippen LogP contribution >= 0.6 is 0 Å². The fourth-order valence-electron chi connectivity index (χ4n) is 2.61. The number of hydrogen-bond donors (Lipinski definition) is 1. The van der Waals surface area contributed by atoms with Gasteiger partial charge in [-0.3, -0.25) is 19.7 Å². The van der Waals surface area contributed by atoms with Crippen LogP contribution in [0, 0.1) is 15.9 Å². The van der Waals surface area contributed by atoms with Crippen LogP contribution in [0.15, 0.2) is 42.5 Å². The van der Waals surface area contributed by atoms with Crippen molar-refractivity contribution in [3.8, 4) is 5.75 Å². The minimum absolute atomic E-state index is 0.472. The molecule has 31 heavy (non-hydrogen) atoms. The highest BCUT2D eigenvalue weighted by molar-refractivity contribution is 5.95. The molecule has 2 rings (SSSR count). The maximum Gasteiger partial charge on any atom is 0.418 e. The number of nitrogens with one attached hydrogen (secondary N) is 1. The van der Waals surface area contributed by atoms with E-state index >= 15 is 0 Å². The molecule has 2 aromatic rings. The third-order valence-corrected chi connectivity index (χ3v) is 4.03. The molecule has 0 aliphatic carbocycles. The lowest BCUT2D eigenvalue weighted by atomic mass is 10.1. The standard InChI is InChI=1S/C19H17F4N3O5/c1-11(31-16-9-12(20)7-8-15(16)26(29)30)18(28)25(2)10-17(27)24-14-6-4-3-5-13(14)19(21,22)23/h3-9,11H,10H2,1-2H3,(H,24,27)/t11-/m1/s1. The lowest BCUT2D eigenvalue weighted by Crippen LogP contribution is -2.42. The average Bonchev–Trinajstić information content (AvgIpc) is 2.66. The topological polar surface area (TPSA) is 102 Å². The number of carbonyl (C=O) groups excluding carboxylic acids is 2. The molecule has 12 heteroatoms. The number of anilines is 1. The van der Waals surface area contributed by atoms with Crippen molar-refractivity contribution in [3.05, 3.63) is 64.0 Å². The lowest BCUT2D eigenvalue weighted by Gasteiger charge is -2.22. The van der Waals surface area contributed by atoms with Crippen molar-refractivity contribution in [2.24, 2.45) is 0 Å². The lowest BCUT2D eigenvalue weighted by molar-refractivity contribution is -0.386. The molecular formula is C19H17F4N3O5. The van der Waals surface area contributed by atoms with Gasteiger partial charge in [-0.1, -0.05) is 12.1 Å². The first kappa shape index (κ1) is 23.6. The molecule has 2 amide bonds. The summed E-state index contributed by atoms with van der Waals surface area (Å²) in [5, 5.41) is 13.1. The Morgan fingerprint density at radius 1 is 1.23 bits per heavy atom. The minimum Gasteiger partial charge on any atom is -0.474 e. The predicted octanol–water partition coefficient (Wildman–Crippen LogP) is 3.62. The van der Waals surface area contributed by atoms with E-state index in [1.807, 2.05) is 0 Å². The number of nitro groups is 1. The first-order valence-corrected chi connectivity index (χ1v) is 8.71. The molecule has 1 N–H and O–H groups in total. The van der Waals surface area contributed by atoms with Gasteiger partial charge in [0, 0.05) is 19.2 Å². The number of amides is 2. The molecule has 0 spiro atoms. The first-order chi connectivity index (χ1) is 14.4. The quantitative estimate of drug-likeness (QED) is 0.400. The van der Waals surface area contributed by atoms with Gasteiger partial charge in [0.15, 0.2) is 6.10 Å². The number of para-hydroxylation sites is 1. The Hall–Kier alpha value is -3.70. The van der Waals surface area contributed by atoms with Gasteiger partial charge in [-0.25, -0.2) is 4.39 Å². The number of alkyl halides is 3. The Bertz CT molecular complexity index is 997. The third kappa shape index (κ3) is 6.14. The molecule has 0 aliphatic rings. The third-order valence-electron chi connectivity index (χ3n) is 4.03. The van der Waals surface area contributed by atoms with Crippen molar-refractivity contribution in [3.63, 3.8) is 0 Å². The Balaban J connectivity index is 2.05. The van der Waals surface area contributed by atoms with Crippen molar-refractivity contribution in [2.45, 2.75) is 19.2 Å². The zero-order chi connectivity index (χ0) is 23.3. The smallest absolute Gasteiger partial charge is 0.418 e. The number of halogens is 4. The van der Waals surface area contributed by atoms with Crippen LogP contribution < -0.4 is 10.1 Å². The van der Waals surface area contributed by atoms with Gasteiger partial charge in [0.1, 0.15) is 5.82 Å². The van der Waals surface area contributed by atoms with E-state index in [-0.39, 0.29) is 0 Å². The van der Waals surface area contributed by atoms with Crippen LogP contribution in [0.2, 0.25) is 0 Å². The minimum atomic E-state index is -4.69. The highest BCUT2D eigenvalue weighted by Gasteiger charge is 2.33. The van der Waals surface area contributed by atoms with Crippen molar-refractivity contribution >= 4 is 23.2 Å². The molecule has 2 aromatic carbocycles. The summed E-state index contributed by atoms with van der Waals surface area (Å²) in [7, 11) is 1.19. The summed E-state index contributed by atoms with van der Waals surface area (Å²) in [5.41, 5.74) is -2.09. The number of carbonyl (C=O) groups is 2. The van der Waals surface area contributed by atoms with E-state index in [9.17, 15) is 37.3 Å². The van der Waals surface area contributed by atoms with E-state index in [0.717, 1.165) is 35.2 Å². The maximum atomic E-state index is 13.4. The number of hydrogen-bond acceptors (Lipinski definition) is 5. The summed E-state index contributed by atoms with van der Waals surface area (Å²) in [6.07, 6.45) is -6.03. The Kier molecular flexibility index (Phi) is 7.16. The van der Waals surface area contributed by atoms with Gasteiger partial charge in [0.25, 0.3) is 5.91 Å². The average molecular weight is 443 g/mol. The number of ether oxygens (including phenoxy) is 1. The second-order valence-electron chi connectivity index (χ2n) is 6.42. The zero-order valence-electron chi connectivity index (χ0n) is 16.3. The molecule has 0 radical (unpaired) electrons. The summed E-state index contributed by atoms with van der Waals surface area (Å²) in [5.74, 6) is -3.02. The maximum absolute atomic E-state index is 13.4. The molecule has 0 saturated carbocycles. The van der Waals surface area contributed by atoms with Gasteiger partial charge in [-0.05, 0) is 25.1 Å².